The van der Waals surface area contributed by atoms with Gasteiger partial charge in [-0.05, 0) is 49.2 Å². The Morgan fingerprint density at radius 3 is 2.81 bits per heavy atom. The van der Waals surface area contributed by atoms with Gasteiger partial charge in [0, 0.05) is 36.1 Å². The van der Waals surface area contributed by atoms with E-state index in [1.54, 1.807) is 0 Å². The summed E-state index contributed by atoms with van der Waals surface area (Å²) in [6.07, 6.45) is 1.53. The number of amides is 1. The van der Waals surface area contributed by atoms with Crippen molar-refractivity contribution in [2.24, 2.45) is 0 Å². The van der Waals surface area contributed by atoms with Crippen molar-refractivity contribution >= 4 is 34.2 Å². The van der Waals surface area contributed by atoms with Gasteiger partial charge in [-0.3, -0.25) is 4.79 Å². The van der Waals surface area contributed by atoms with Gasteiger partial charge in [0.15, 0.2) is 0 Å². The molecule has 1 amide bonds. The van der Waals surface area contributed by atoms with Crippen LogP contribution < -0.4 is 4.90 Å². The van der Waals surface area contributed by atoms with Gasteiger partial charge in [0.25, 0.3) is 0 Å². The molecule has 0 bridgehead atoms. The minimum absolute atomic E-state index is 0.109. The van der Waals surface area contributed by atoms with E-state index < -0.39 is 0 Å². The molecule has 134 valence electrons. The number of carbonyl (C=O) groups is 1. The highest BCUT2D eigenvalue weighted by Gasteiger charge is 2.34. The Labute approximate surface area is 158 Å². The van der Waals surface area contributed by atoms with Crippen LogP contribution in [0.5, 0.6) is 0 Å². The molecule has 0 aliphatic carbocycles. The Hall–Kier alpha value is -2.33. The third kappa shape index (κ3) is 2.88. The number of benzene rings is 2. The molecule has 4 nitrogen and oxygen atoms in total. The average Bonchev–Trinajstić information content (AvgIpc) is 3.19. The van der Waals surface area contributed by atoms with Gasteiger partial charge in [0.1, 0.15) is 5.82 Å². The maximum absolute atomic E-state index is 12.7. The van der Waals surface area contributed by atoms with E-state index >= 15 is 0 Å². The third-order valence-electron chi connectivity index (χ3n) is 5.07. The van der Waals surface area contributed by atoms with E-state index in [4.69, 9.17) is 16.6 Å². The molecule has 0 saturated carbocycles. The zero-order valence-corrected chi connectivity index (χ0v) is 15.8. The fourth-order valence-electron chi connectivity index (χ4n) is 3.79. The van der Waals surface area contributed by atoms with Gasteiger partial charge in [-0.25, -0.2) is 4.98 Å². The molecule has 2 heterocycles. The first-order valence-electron chi connectivity index (χ1n) is 9.10. The summed E-state index contributed by atoms with van der Waals surface area (Å²) in [5.41, 5.74) is 4.05. The number of nitrogens with zero attached hydrogens (tertiary/aromatic N) is 3. The summed E-state index contributed by atoms with van der Waals surface area (Å²) in [5.74, 6) is 1.28. The van der Waals surface area contributed by atoms with Crippen molar-refractivity contribution in [2.75, 3.05) is 11.4 Å². The average molecular weight is 368 g/mol. The molecule has 4 rings (SSSR count). The first kappa shape index (κ1) is 17.1. The van der Waals surface area contributed by atoms with E-state index in [1.807, 2.05) is 48.2 Å². The van der Waals surface area contributed by atoms with Gasteiger partial charge in [-0.15, -0.1) is 0 Å². The summed E-state index contributed by atoms with van der Waals surface area (Å²) >= 11 is 6.13. The van der Waals surface area contributed by atoms with Crippen LogP contribution in [0.15, 0.2) is 42.5 Å². The molecule has 5 heteroatoms. The molecule has 0 radical (unpaired) electrons. The van der Waals surface area contributed by atoms with Crippen molar-refractivity contribution < 1.29 is 4.79 Å². The Morgan fingerprint density at radius 2 is 2.04 bits per heavy atom. The number of fused-ring (bicyclic) bond motifs is 1. The van der Waals surface area contributed by atoms with Gasteiger partial charge < -0.3 is 9.47 Å². The van der Waals surface area contributed by atoms with E-state index in [-0.39, 0.29) is 11.8 Å². The molecule has 0 spiro atoms. The maximum Gasteiger partial charge on any atom is 0.227 e. The largest absolute Gasteiger partial charge is 0.328 e. The molecule has 1 unspecified atom stereocenters. The fourth-order valence-corrected chi connectivity index (χ4v) is 3.91. The quantitative estimate of drug-likeness (QED) is 0.655. The van der Waals surface area contributed by atoms with Crippen molar-refractivity contribution in [3.8, 4) is 0 Å². The number of hydrogen-bond acceptors (Lipinski definition) is 2. The van der Waals surface area contributed by atoms with Crippen molar-refractivity contribution in [3.05, 3.63) is 58.9 Å². The predicted molar refractivity (Wildman–Crippen MR) is 106 cm³/mol. The summed E-state index contributed by atoms with van der Waals surface area (Å²) in [6.45, 7) is 5.71. The Balaban J connectivity index is 1.69. The number of para-hydroxylation sites is 2. The van der Waals surface area contributed by atoms with Crippen LogP contribution in [0.1, 0.15) is 37.1 Å². The monoisotopic (exact) mass is 367 g/mol. The molecule has 3 aromatic rings. The number of hydrogen-bond donors (Lipinski definition) is 0. The highest BCUT2D eigenvalue weighted by Crippen LogP contribution is 2.34. The molecule has 1 aliphatic heterocycles. The molecule has 0 N–H and O–H groups in total. The zero-order valence-electron chi connectivity index (χ0n) is 15.1. The summed E-state index contributed by atoms with van der Waals surface area (Å²) in [5, 5.41) is 0.724. The summed E-state index contributed by atoms with van der Waals surface area (Å²) in [6, 6.07) is 14.0. The second-order valence-corrected chi connectivity index (χ2v) is 7.36. The highest BCUT2D eigenvalue weighted by molar-refractivity contribution is 6.31. The van der Waals surface area contributed by atoms with Gasteiger partial charge in [0.2, 0.25) is 5.91 Å². The molecule has 1 aliphatic rings. The molecule has 2 aromatic carbocycles. The third-order valence-corrected chi connectivity index (χ3v) is 5.50. The van der Waals surface area contributed by atoms with Crippen molar-refractivity contribution in [3.63, 3.8) is 0 Å². The molecular weight excluding hydrogens is 346 g/mol. The first-order chi connectivity index (χ1) is 12.6. The normalized spacial score (nSPS) is 17.4. The minimum Gasteiger partial charge on any atom is -0.328 e. The number of anilines is 1. The smallest absolute Gasteiger partial charge is 0.227 e. The van der Waals surface area contributed by atoms with E-state index in [9.17, 15) is 4.79 Å². The number of aryl methyl sites for hydroxylation is 2. The molecular formula is C21H22ClN3O. The summed E-state index contributed by atoms with van der Waals surface area (Å²) in [7, 11) is 0. The lowest BCUT2D eigenvalue weighted by Gasteiger charge is -2.18. The number of aromatic nitrogens is 2. The van der Waals surface area contributed by atoms with Crippen LogP contribution in [0.25, 0.3) is 11.0 Å². The van der Waals surface area contributed by atoms with Crippen LogP contribution in [0.4, 0.5) is 5.69 Å². The topological polar surface area (TPSA) is 38.1 Å². The van der Waals surface area contributed by atoms with E-state index in [0.29, 0.717) is 13.0 Å². The lowest BCUT2D eigenvalue weighted by Crippen LogP contribution is -2.24. The van der Waals surface area contributed by atoms with E-state index in [2.05, 4.69) is 17.6 Å². The second-order valence-electron chi connectivity index (χ2n) is 6.95. The molecule has 1 atom stereocenters. The van der Waals surface area contributed by atoms with E-state index in [0.717, 1.165) is 46.1 Å². The number of rotatable bonds is 4. The highest BCUT2D eigenvalue weighted by atomic mass is 35.5. The van der Waals surface area contributed by atoms with Gasteiger partial charge in [0.05, 0.1) is 11.0 Å². The van der Waals surface area contributed by atoms with E-state index in [1.165, 1.54) is 0 Å². The van der Waals surface area contributed by atoms with Crippen LogP contribution in [0.3, 0.4) is 0 Å². The van der Waals surface area contributed by atoms with Crippen LogP contribution in [-0.2, 0) is 11.3 Å². The standard InChI is InChI=1S/C21H22ClN3O/c1-3-10-24-19-7-5-4-6-18(19)23-21(24)15-12-20(26)25(13-15)16-8-9-17(22)14(2)11-16/h4-9,11,15H,3,10,12-13H2,1-2H3. The van der Waals surface area contributed by atoms with Crippen molar-refractivity contribution in [1.29, 1.82) is 0 Å². The fraction of sp³-hybridized carbons (Fsp3) is 0.333. The number of imidazole rings is 1. The Bertz CT molecular complexity index is 979. The molecule has 1 saturated heterocycles. The van der Waals surface area contributed by atoms with Crippen LogP contribution in [0.2, 0.25) is 5.02 Å². The predicted octanol–water partition coefficient (Wildman–Crippen LogP) is 4.93. The second kappa shape index (κ2) is 6.76. The maximum atomic E-state index is 12.7. The summed E-state index contributed by atoms with van der Waals surface area (Å²) < 4.78 is 2.28. The van der Waals surface area contributed by atoms with Gasteiger partial charge in [-0.1, -0.05) is 30.7 Å². The molecule has 1 aromatic heterocycles. The minimum atomic E-state index is 0.109. The molecule has 26 heavy (non-hydrogen) atoms. The molecule has 1 fully saturated rings. The van der Waals surface area contributed by atoms with Crippen LogP contribution >= 0.6 is 11.6 Å². The SMILES string of the molecule is CCCn1c(C2CC(=O)N(c3ccc(Cl)c(C)c3)C2)nc2ccccc21. The van der Waals surface area contributed by atoms with Crippen LogP contribution in [-0.4, -0.2) is 22.0 Å². The van der Waals surface area contributed by atoms with Gasteiger partial charge >= 0.3 is 0 Å². The number of halogens is 1. The number of carbonyl (C=O) groups excluding carboxylic acids is 1. The van der Waals surface area contributed by atoms with Crippen molar-refractivity contribution in [1.82, 2.24) is 9.55 Å². The lowest BCUT2D eigenvalue weighted by molar-refractivity contribution is -0.117. The van der Waals surface area contributed by atoms with Crippen molar-refractivity contribution in [2.45, 2.75) is 39.2 Å². The van der Waals surface area contributed by atoms with Crippen LogP contribution in [0, 0.1) is 6.92 Å². The van der Waals surface area contributed by atoms with Gasteiger partial charge in [-0.2, -0.15) is 0 Å². The zero-order chi connectivity index (χ0) is 18.3. The Morgan fingerprint density at radius 1 is 1.23 bits per heavy atom. The lowest BCUT2D eigenvalue weighted by atomic mass is 10.1. The first-order valence-corrected chi connectivity index (χ1v) is 9.48. The summed E-state index contributed by atoms with van der Waals surface area (Å²) in [4.78, 5) is 19.4. The Kier molecular flexibility index (Phi) is 4.45.